The molecule has 0 spiro atoms. The Morgan fingerprint density at radius 1 is 0.939 bits per heavy atom. The number of fused-ring (bicyclic) bond motifs is 2. The Morgan fingerprint density at radius 3 is 2.61 bits per heavy atom. The minimum atomic E-state index is -3.93. The second-order valence-electron chi connectivity index (χ2n) is 7.58. The lowest BCUT2D eigenvalue weighted by Crippen LogP contribution is -2.26. The van der Waals surface area contributed by atoms with Gasteiger partial charge in [-0.15, -0.1) is 0 Å². The molecule has 2 N–H and O–H groups in total. The van der Waals surface area contributed by atoms with Gasteiger partial charge in [-0.05, 0) is 49.4 Å². The van der Waals surface area contributed by atoms with Crippen LogP contribution < -0.4 is 19.5 Å². The molecule has 9 heteroatoms. The summed E-state index contributed by atoms with van der Waals surface area (Å²) in [6.45, 7) is 1.90. The summed E-state index contributed by atoms with van der Waals surface area (Å²) in [5, 5.41) is 3.79. The van der Waals surface area contributed by atoms with E-state index >= 15 is 0 Å². The van der Waals surface area contributed by atoms with Crippen LogP contribution in [0.1, 0.15) is 29.1 Å². The topological polar surface area (TPSA) is 107 Å². The summed E-state index contributed by atoms with van der Waals surface area (Å²) in [4.78, 5) is 12.8. The number of amides is 1. The number of rotatable bonds is 6. The Hall–Kier alpha value is -3.98. The predicted molar refractivity (Wildman–Crippen MR) is 122 cm³/mol. The summed E-state index contributed by atoms with van der Waals surface area (Å²) >= 11 is 0. The molecule has 1 aliphatic heterocycles. The zero-order valence-corrected chi connectivity index (χ0v) is 18.4. The summed E-state index contributed by atoms with van der Waals surface area (Å²) in [7, 11) is -3.93. The van der Waals surface area contributed by atoms with Gasteiger partial charge in [-0.2, -0.15) is 0 Å². The number of sulfonamides is 1. The molecule has 0 saturated heterocycles. The van der Waals surface area contributed by atoms with Gasteiger partial charge in [-0.1, -0.05) is 24.3 Å². The van der Waals surface area contributed by atoms with Crippen molar-refractivity contribution in [2.24, 2.45) is 0 Å². The van der Waals surface area contributed by atoms with Gasteiger partial charge in [0, 0.05) is 17.0 Å². The quantitative estimate of drug-likeness (QED) is 0.437. The van der Waals surface area contributed by atoms with Crippen LogP contribution in [0.5, 0.6) is 11.5 Å². The van der Waals surface area contributed by atoms with Crippen LogP contribution in [0.15, 0.2) is 82.1 Å². The predicted octanol–water partition coefficient (Wildman–Crippen LogP) is 4.45. The fourth-order valence-electron chi connectivity index (χ4n) is 3.55. The summed E-state index contributed by atoms with van der Waals surface area (Å²) in [5.74, 6) is 1.21. The molecule has 0 unspecified atom stereocenters. The lowest BCUT2D eigenvalue weighted by atomic mass is 10.1. The van der Waals surface area contributed by atoms with E-state index in [2.05, 4.69) is 10.0 Å². The number of anilines is 1. The first kappa shape index (κ1) is 20.9. The Bertz CT molecular complexity index is 1430. The Balaban J connectivity index is 1.32. The number of ether oxygens (including phenoxy) is 2. The molecule has 8 nitrogen and oxygen atoms in total. The first-order chi connectivity index (χ1) is 15.9. The Kier molecular flexibility index (Phi) is 5.18. The van der Waals surface area contributed by atoms with Gasteiger partial charge in [-0.3, -0.25) is 9.52 Å². The van der Waals surface area contributed by atoms with E-state index in [0.29, 0.717) is 22.9 Å². The van der Waals surface area contributed by atoms with Crippen molar-refractivity contribution in [3.8, 4) is 11.5 Å². The van der Waals surface area contributed by atoms with Crippen molar-refractivity contribution in [2.75, 3.05) is 11.5 Å². The minimum absolute atomic E-state index is 0.0378. The second-order valence-corrected chi connectivity index (χ2v) is 9.27. The van der Waals surface area contributed by atoms with Crippen LogP contribution >= 0.6 is 0 Å². The number of carbonyl (C=O) groups is 1. The first-order valence-corrected chi connectivity index (χ1v) is 11.7. The van der Waals surface area contributed by atoms with Gasteiger partial charge >= 0.3 is 0 Å². The molecule has 168 valence electrons. The van der Waals surface area contributed by atoms with Crippen LogP contribution in [-0.4, -0.2) is 21.1 Å². The third-order valence-corrected chi connectivity index (χ3v) is 6.63. The highest BCUT2D eigenvalue weighted by Gasteiger charge is 2.20. The van der Waals surface area contributed by atoms with E-state index in [1.165, 1.54) is 18.2 Å². The van der Waals surface area contributed by atoms with Gasteiger partial charge in [0.1, 0.15) is 11.3 Å². The third-order valence-electron chi connectivity index (χ3n) is 5.25. The van der Waals surface area contributed by atoms with Gasteiger partial charge in [0.05, 0.1) is 16.6 Å². The van der Waals surface area contributed by atoms with Crippen LogP contribution in [0.2, 0.25) is 0 Å². The van der Waals surface area contributed by atoms with E-state index in [9.17, 15) is 13.2 Å². The monoisotopic (exact) mass is 464 g/mol. The van der Waals surface area contributed by atoms with Gasteiger partial charge in [0.25, 0.3) is 15.9 Å². The van der Waals surface area contributed by atoms with Gasteiger partial charge in [-0.25, -0.2) is 8.42 Å². The molecule has 1 atom stereocenters. The van der Waals surface area contributed by atoms with Gasteiger partial charge in [0.2, 0.25) is 6.79 Å². The van der Waals surface area contributed by atoms with E-state index in [0.717, 1.165) is 11.0 Å². The maximum Gasteiger partial charge on any atom is 0.261 e. The lowest BCUT2D eigenvalue weighted by molar-refractivity contribution is 0.0935. The molecular formula is C24H20N2O6S. The molecule has 0 fully saturated rings. The Labute approximate surface area is 190 Å². The second kappa shape index (κ2) is 8.18. The zero-order valence-electron chi connectivity index (χ0n) is 17.6. The summed E-state index contributed by atoms with van der Waals surface area (Å²) in [5.41, 5.74) is 1.27. The van der Waals surface area contributed by atoms with E-state index < -0.39 is 22.0 Å². The normalized spacial score (nSPS) is 13.6. The standard InChI is InChI=1S/C24H20N2O6S/c1-15(22-12-16-5-2-3-8-20(16)32-22)25-24(27)17-6-4-7-19(11-17)33(28,29)26-18-9-10-21-23(13-18)31-14-30-21/h2-13,15,26H,14H2,1H3,(H,25,27)/t15-/m0/s1. The van der Waals surface area contributed by atoms with Crippen LogP contribution in [0.25, 0.3) is 11.0 Å². The van der Waals surface area contributed by atoms with E-state index in [-0.39, 0.29) is 17.3 Å². The highest BCUT2D eigenvalue weighted by Crippen LogP contribution is 2.35. The van der Waals surface area contributed by atoms with Crippen molar-refractivity contribution in [1.82, 2.24) is 5.32 Å². The summed E-state index contributed by atoms with van der Waals surface area (Å²) in [6.07, 6.45) is 0. The molecule has 0 saturated carbocycles. The largest absolute Gasteiger partial charge is 0.459 e. The third kappa shape index (κ3) is 4.22. The van der Waals surface area contributed by atoms with Crippen molar-refractivity contribution in [3.05, 3.63) is 84.1 Å². The fraction of sp³-hybridized carbons (Fsp3) is 0.125. The van der Waals surface area contributed by atoms with Crippen molar-refractivity contribution < 1.29 is 27.1 Å². The fourth-order valence-corrected chi connectivity index (χ4v) is 4.64. The molecule has 3 aromatic carbocycles. The van der Waals surface area contributed by atoms with Crippen LogP contribution in [0, 0.1) is 0 Å². The lowest BCUT2D eigenvalue weighted by Gasteiger charge is -2.13. The van der Waals surface area contributed by atoms with Gasteiger partial charge < -0.3 is 19.2 Å². The molecular weight excluding hydrogens is 444 g/mol. The van der Waals surface area contributed by atoms with Crippen molar-refractivity contribution in [2.45, 2.75) is 17.9 Å². The highest BCUT2D eigenvalue weighted by molar-refractivity contribution is 7.92. The maximum atomic E-state index is 12.9. The molecule has 1 amide bonds. The molecule has 0 radical (unpaired) electrons. The molecule has 0 aliphatic carbocycles. The molecule has 2 heterocycles. The van der Waals surface area contributed by atoms with E-state index in [4.69, 9.17) is 13.9 Å². The van der Waals surface area contributed by atoms with Gasteiger partial charge in [0.15, 0.2) is 11.5 Å². The average molecular weight is 464 g/mol. The number of carbonyl (C=O) groups excluding carboxylic acids is 1. The SMILES string of the molecule is C[C@H](NC(=O)c1cccc(S(=O)(=O)Nc2ccc3c(c2)OCO3)c1)c1cc2ccccc2o1. The molecule has 1 aromatic heterocycles. The van der Waals surface area contributed by atoms with Crippen LogP contribution in [-0.2, 0) is 10.0 Å². The van der Waals surface area contributed by atoms with Crippen molar-refractivity contribution in [3.63, 3.8) is 0 Å². The number of nitrogens with one attached hydrogen (secondary N) is 2. The zero-order chi connectivity index (χ0) is 23.0. The molecule has 0 bridgehead atoms. The smallest absolute Gasteiger partial charge is 0.261 e. The summed E-state index contributed by atoms with van der Waals surface area (Å²) in [6, 6.07) is 19.6. The molecule has 4 aromatic rings. The molecule has 33 heavy (non-hydrogen) atoms. The van der Waals surface area contributed by atoms with Crippen LogP contribution in [0.3, 0.4) is 0 Å². The average Bonchev–Trinajstić information content (AvgIpc) is 3.45. The van der Waals surface area contributed by atoms with Crippen molar-refractivity contribution >= 4 is 32.6 Å². The Morgan fingerprint density at radius 2 is 1.76 bits per heavy atom. The minimum Gasteiger partial charge on any atom is -0.459 e. The highest BCUT2D eigenvalue weighted by atomic mass is 32.2. The number of para-hydroxylation sites is 1. The number of hydrogen-bond acceptors (Lipinski definition) is 6. The van der Waals surface area contributed by atoms with Crippen LogP contribution in [0.4, 0.5) is 5.69 Å². The first-order valence-electron chi connectivity index (χ1n) is 10.2. The molecule has 5 rings (SSSR count). The number of hydrogen-bond donors (Lipinski definition) is 2. The van der Waals surface area contributed by atoms with Crippen molar-refractivity contribution in [1.29, 1.82) is 0 Å². The summed E-state index contributed by atoms with van der Waals surface area (Å²) < 4.78 is 44.6. The van der Waals surface area contributed by atoms with E-state index in [1.807, 2.05) is 30.3 Å². The molecule has 1 aliphatic rings. The van der Waals surface area contributed by atoms with E-state index in [1.54, 1.807) is 31.2 Å². The maximum absolute atomic E-state index is 12.9. The number of furan rings is 1. The number of benzene rings is 3.